The van der Waals surface area contributed by atoms with Crippen molar-refractivity contribution >= 4 is 28.8 Å². The number of carbonyl (C=O) groups is 1. The SMILES string of the molecule is N#Cc1cnccc1OCC1CCN(C(CNC(=O)c2c(F)cccc2Cl)c2scnc2C(F)F)CC1. The minimum absolute atomic E-state index is 0.0187. The molecule has 1 saturated heterocycles. The van der Waals surface area contributed by atoms with Gasteiger partial charge >= 0.3 is 0 Å². The molecule has 3 heterocycles. The molecule has 1 aromatic carbocycles. The molecule has 37 heavy (non-hydrogen) atoms. The summed E-state index contributed by atoms with van der Waals surface area (Å²) < 4.78 is 47.4. The van der Waals surface area contributed by atoms with Crippen LogP contribution in [0.2, 0.25) is 5.02 Å². The fraction of sp³-hybridized carbons (Fsp3) is 0.360. The number of nitrogens with zero attached hydrogens (tertiary/aromatic N) is 4. The smallest absolute Gasteiger partial charge is 0.281 e. The Kier molecular flexibility index (Phi) is 8.97. The lowest BCUT2D eigenvalue weighted by molar-refractivity contribution is 0.0870. The van der Waals surface area contributed by atoms with E-state index in [1.54, 1.807) is 12.3 Å². The van der Waals surface area contributed by atoms with Gasteiger partial charge in [0.1, 0.15) is 28.9 Å². The van der Waals surface area contributed by atoms with E-state index in [1.807, 2.05) is 11.0 Å². The van der Waals surface area contributed by atoms with Crippen LogP contribution in [0.4, 0.5) is 13.2 Å². The highest BCUT2D eigenvalue weighted by atomic mass is 35.5. The van der Waals surface area contributed by atoms with Crippen LogP contribution in [0.15, 0.2) is 42.2 Å². The molecule has 12 heteroatoms. The van der Waals surface area contributed by atoms with Crippen LogP contribution in [0, 0.1) is 23.1 Å². The molecule has 4 rings (SSSR count). The molecule has 0 radical (unpaired) electrons. The highest BCUT2D eigenvalue weighted by Gasteiger charge is 2.32. The van der Waals surface area contributed by atoms with Crippen molar-refractivity contribution in [1.82, 2.24) is 20.2 Å². The second-order valence-electron chi connectivity index (χ2n) is 8.50. The summed E-state index contributed by atoms with van der Waals surface area (Å²) in [5.74, 6) is -0.815. The second kappa shape index (κ2) is 12.4. The number of amides is 1. The normalized spacial score (nSPS) is 15.4. The van der Waals surface area contributed by atoms with Gasteiger partial charge in [0.2, 0.25) is 0 Å². The van der Waals surface area contributed by atoms with Crippen LogP contribution in [0.1, 0.15) is 51.8 Å². The van der Waals surface area contributed by atoms with E-state index in [4.69, 9.17) is 16.3 Å². The van der Waals surface area contributed by atoms with Gasteiger partial charge in [-0.05, 0) is 50.0 Å². The van der Waals surface area contributed by atoms with Crippen molar-refractivity contribution in [2.75, 3.05) is 26.2 Å². The number of benzene rings is 1. The number of nitrogens with one attached hydrogen (secondary N) is 1. The van der Waals surface area contributed by atoms with Crippen LogP contribution in [0.5, 0.6) is 5.75 Å². The monoisotopic (exact) mass is 549 g/mol. The number of rotatable bonds is 9. The van der Waals surface area contributed by atoms with Crippen molar-refractivity contribution in [3.8, 4) is 11.8 Å². The van der Waals surface area contributed by atoms with Crippen molar-refractivity contribution in [1.29, 1.82) is 5.26 Å². The first-order chi connectivity index (χ1) is 17.9. The third-order valence-electron chi connectivity index (χ3n) is 6.25. The summed E-state index contributed by atoms with van der Waals surface area (Å²) in [5.41, 5.74) is 1.11. The van der Waals surface area contributed by atoms with Gasteiger partial charge in [-0.3, -0.25) is 14.7 Å². The fourth-order valence-corrected chi connectivity index (χ4v) is 5.47. The largest absolute Gasteiger partial charge is 0.492 e. The van der Waals surface area contributed by atoms with Gasteiger partial charge in [-0.25, -0.2) is 18.2 Å². The van der Waals surface area contributed by atoms with Gasteiger partial charge in [0.05, 0.1) is 33.6 Å². The summed E-state index contributed by atoms with van der Waals surface area (Å²) in [6.45, 7) is 1.52. The van der Waals surface area contributed by atoms with Crippen LogP contribution < -0.4 is 10.1 Å². The van der Waals surface area contributed by atoms with Crippen LogP contribution in [-0.2, 0) is 0 Å². The van der Waals surface area contributed by atoms with E-state index in [0.717, 1.165) is 30.2 Å². The standard InChI is InChI=1S/C25H23ClF3N5O2S/c26-17-2-1-3-18(27)21(17)25(35)32-12-19(23-22(24(28)29)33-14-37-23)34-8-5-15(6-9-34)13-36-20-4-7-31-11-16(20)10-30/h1-4,7,11,14-15,19,24H,5-6,8-9,12-13H2,(H,32,35). The molecule has 1 atom stereocenters. The molecule has 1 amide bonds. The second-order valence-corrected chi connectivity index (χ2v) is 9.79. The van der Waals surface area contributed by atoms with E-state index >= 15 is 0 Å². The predicted molar refractivity (Wildman–Crippen MR) is 132 cm³/mol. The van der Waals surface area contributed by atoms with Crippen molar-refractivity contribution < 1.29 is 22.7 Å². The van der Waals surface area contributed by atoms with Crippen molar-refractivity contribution in [3.05, 3.63) is 74.7 Å². The third kappa shape index (κ3) is 6.39. The maximum Gasteiger partial charge on any atom is 0.281 e. The molecule has 0 saturated carbocycles. The Morgan fingerprint density at radius 2 is 2.11 bits per heavy atom. The first-order valence-electron chi connectivity index (χ1n) is 11.5. The van der Waals surface area contributed by atoms with Crippen LogP contribution in [0.25, 0.3) is 0 Å². The quantitative estimate of drug-likeness (QED) is 0.384. The molecule has 1 fully saturated rings. The number of piperidine rings is 1. The van der Waals surface area contributed by atoms with E-state index in [0.29, 0.717) is 35.9 Å². The molecule has 1 N–H and O–H groups in total. The zero-order valence-electron chi connectivity index (χ0n) is 19.5. The predicted octanol–water partition coefficient (Wildman–Crippen LogP) is 5.40. The number of carbonyl (C=O) groups excluding carboxylic acids is 1. The van der Waals surface area contributed by atoms with Crippen molar-refractivity contribution in [2.24, 2.45) is 5.92 Å². The lowest BCUT2D eigenvalue weighted by atomic mass is 9.96. The van der Waals surface area contributed by atoms with E-state index < -0.39 is 24.2 Å². The number of likely N-dealkylation sites (tertiary alicyclic amines) is 1. The van der Waals surface area contributed by atoms with Gasteiger partial charge in [0.25, 0.3) is 12.3 Å². The molecular formula is C25H23ClF3N5O2S. The Labute approximate surface area is 220 Å². The van der Waals surface area contributed by atoms with Crippen LogP contribution in [0.3, 0.4) is 0 Å². The Bertz CT molecular complexity index is 1260. The molecule has 7 nitrogen and oxygen atoms in total. The third-order valence-corrected chi connectivity index (χ3v) is 7.51. The summed E-state index contributed by atoms with van der Waals surface area (Å²) in [4.78, 5) is 22.9. The molecular weight excluding hydrogens is 527 g/mol. The number of ether oxygens (including phenoxy) is 1. The van der Waals surface area contributed by atoms with Crippen molar-refractivity contribution in [3.63, 3.8) is 0 Å². The molecule has 2 aromatic heterocycles. The zero-order chi connectivity index (χ0) is 26.4. The summed E-state index contributed by atoms with van der Waals surface area (Å²) in [6, 6.07) is 7.06. The number of hydrogen-bond donors (Lipinski definition) is 1. The van der Waals surface area contributed by atoms with E-state index in [2.05, 4.69) is 15.3 Å². The topological polar surface area (TPSA) is 91.1 Å². The molecule has 0 aliphatic carbocycles. The Morgan fingerprint density at radius 3 is 2.81 bits per heavy atom. The van der Waals surface area contributed by atoms with Gasteiger partial charge in [-0.15, -0.1) is 11.3 Å². The number of aromatic nitrogens is 2. The molecule has 0 spiro atoms. The number of nitriles is 1. The van der Waals surface area contributed by atoms with Crippen molar-refractivity contribution in [2.45, 2.75) is 25.3 Å². The average molecular weight is 550 g/mol. The maximum absolute atomic E-state index is 14.2. The summed E-state index contributed by atoms with van der Waals surface area (Å²) in [6.07, 6.45) is 1.68. The summed E-state index contributed by atoms with van der Waals surface area (Å²) in [5, 5.41) is 11.8. The molecule has 1 unspecified atom stereocenters. The molecule has 194 valence electrons. The number of thiazole rings is 1. The molecule has 0 bridgehead atoms. The Morgan fingerprint density at radius 1 is 1.32 bits per heavy atom. The molecule has 1 aliphatic rings. The van der Waals surface area contributed by atoms with Gasteiger partial charge in [0, 0.05) is 18.9 Å². The average Bonchev–Trinajstić information content (AvgIpc) is 3.38. The molecule has 3 aromatic rings. The first kappa shape index (κ1) is 26.9. The number of halogens is 4. The van der Waals surface area contributed by atoms with Gasteiger partial charge in [-0.2, -0.15) is 5.26 Å². The zero-order valence-corrected chi connectivity index (χ0v) is 21.1. The van der Waals surface area contributed by atoms with Gasteiger partial charge in [0.15, 0.2) is 0 Å². The first-order valence-corrected chi connectivity index (χ1v) is 12.8. The minimum atomic E-state index is -2.76. The highest BCUT2D eigenvalue weighted by molar-refractivity contribution is 7.09. The van der Waals surface area contributed by atoms with E-state index in [1.165, 1.54) is 23.8 Å². The molecule has 1 aliphatic heterocycles. The number of pyridine rings is 1. The Balaban J connectivity index is 1.44. The Hall–Kier alpha value is -3.20. The van der Waals surface area contributed by atoms with Crippen LogP contribution >= 0.6 is 22.9 Å². The highest BCUT2D eigenvalue weighted by Crippen LogP contribution is 2.35. The van der Waals surface area contributed by atoms with E-state index in [9.17, 15) is 23.2 Å². The minimum Gasteiger partial charge on any atom is -0.492 e. The lowest BCUT2D eigenvalue weighted by Gasteiger charge is -2.37. The van der Waals surface area contributed by atoms with Gasteiger partial charge < -0.3 is 10.1 Å². The number of alkyl halides is 2. The lowest BCUT2D eigenvalue weighted by Crippen LogP contribution is -2.43. The number of hydrogen-bond acceptors (Lipinski definition) is 7. The van der Waals surface area contributed by atoms with Crippen LogP contribution in [-0.4, -0.2) is 47.0 Å². The summed E-state index contributed by atoms with van der Waals surface area (Å²) >= 11 is 7.11. The van der Waals surface area contributed by atoms with Gasteiger partial charge in [-0.1, -0.05) is 17.7 Å². The maximum atomic E-state index is 14.2. The fourth-order valence-electron chi connectivity index (χ4n) is 4.29. The van der Waals surface area contributed by atoms with E-state index in [-0.39, 0.29) is 28.7 Å². The summed E-state index contributed by atoms with van der Waals surface area (Å²) in [7, 11) is 0.